The van der Waals surface area contributed by atoms with Gasteiger partial charge in [0.05, 0.1) is 12.3 Å². The Kier molecular flexibility index (Phi) is 5.49. The van der Waals surface area contributed by atoms with Crippen LogP contribution in [0.25, 0.3) is 0 Å². The number of nitrogens with one attached hydrogen (secondary N) is 1. The molecule has 1 N–H and O–H groups in total. The third-order valence-electron chi connectivity index (χ3n) is 4.26. The van der Waals surface area contributed by atoms with Crippen LogP contribution in [0.3, 0.4) is 0 Å². The first kappa shape index (κ1) is 16.5. The number of hydrogen-bond donors (Lipinski definition) is 1. The minimum atomic E-state index is -0.116. The first-order valence-corrected chi connectivity index (χ1v) is 8.60. The fraction of sp³-hybridized carbons (Fsp3) is 0.350. The monoisotopic (exact) mass is 324 g/mol. The van der Waals surface area contributed by atoms with E-state index >= 15 is 0 Å². The van der Waals surface area contributed by atoms with Gasteiger partial charge in [0.2, 0.25) is 0 Å². The van der Waals surface area contributed by atoms with Gasteiger partial charge in [-0.15, -0.1) is 0 Å². The van der Waals surface area contributed by atoms with Crippen molar-refractivity contribution in [2.45, 2.75) is 26.3 Å². The van der Waals surface area contributed by atoms with Crippen molar-refractivity contribution in [1.82, 2.24) is 4.90 Å². The van der Waals surface area contributed by atoms with E-state index in [2.05, 4.69) is 10.2 Å². The molecule has 126 valence electrons. The number of hydrogen-bond acceptors (Lipinski definition) is 3. The minimum absolute atomic E-state index is 0.116. The summed E-state index contributed by atoms with van der Waals surface area (Å²) in [7, 11) is 0. The van der Waals surface area contributed by atoms with Gasteiger partial charge in [-0.05, 0) is 62.7 Å². The van der Waals surface area contributed by atoms with Crippen molar-refractivity contribution < 1.29 is 9.53 Å². The number of nitrogens with zero attached hydrogens (tertiary/aromatic N) is 1. The Morgan fingerprint density at radius 1 is 1.08 bits per heavy atom. The summed E-state index contributed by atoms with van der Waals surface area (Å²) < 4.78 is 5.55. The highest BCUT2D eigenvalue weighted by Crippen LogP contribution is 2.24. The van der Waals surface area contributed by atoms with Crippen LogP contribution in [-0.2, 0) is 6.54 Å². The molecule has 1 fully saturated rings. The molecule has 1 aliphatic rings. The maximum Gasteiger partial charge on any atom is 0.255 e. The molecule has 0 unspecified atom stereocenters. The van der Waals surface area contributed by atoms with Gasteiger partial charge in [-0.2, -0.15) is 0 Å². The van der Waals surface area contributed by atoms with Crippen LogP contribution in [0.4, 0.5) is 5.69 Å². The van der Waals surface area contributed by atoms with E-state index in [0.717, 1.165) is 6.54 Å². The Bertz CT molecular complexity index is 676. The molecule has 24 heavy (non-hydrogen) atoms. The van der Waals surface area contributed by atoms with E-state index in [1.54, 1.807) is 0 Å². The van der Waals surface area contributed by atoms with Crippen LogP contribution in [0.2, 0.25) is 0 Å². The molecule has 1 amide bonds. The number of amides is 1. The number of likely N-dealkylation sites (tertiary alicyclic amines) is 1. The van der Waals surface area contributed by atoms with Gasteiger partial charge < -0.3 is 10.1 Å². The maximum absolute atomic E-state index is 12.4. The summed E-state index contributed by atoms with van der Waals surface area (Å²) in [5, 5.41) is 2.93. The Hall–Kier alpha value is -2.33. The molecule has 1 aliphatic heterocycles. The van der Waals surface area contributed by atoms with Gasteiger partial charge in [0.1, 0.15) is 5.75 Å². The zero-order chi connectivity index (χ0) is 16.8. The lowest BCUT2D eigenvalue weighted by molar-refractivity contribution is 0.102. The van der Waals surface area contributed by atoms with Crippen molar-refractivity contribution in [3.8, 4) is 5.75 Å². The van der Waals surface area contributed by atoms with E-state index in [0.29, 0.717) is 23.6 Å². The Labute approximate surface area is 143 Å². The normalized spacial score (nSPS) is 14.5. The summed E-state index contributed by atoms with van der Waals surface area (Å²) in [6.45, 7) is 5.82. The van der Waals surface area contributed by atoms with E-state index in [-0.39, 0.29) is 5.91 Å². The summed E-state index contributed by atoms with van der Waals surface area (Å²) >= 11 is 0. The molecular formula is C20H24N2O2. The molecule has 1 heterocycles. The van der Waals surface area contributed by atoms with E-state index in [4.69, 9.17) is 4.74 Å². The van der Waals surface area contributed by atoms with Gasteiger partial charge in [0, 0.05) is 12.1 Å². The number of carbonyl (C=O) groups excluding carboxylic acids is 1. The standard InChI is InChI=1S/C20H24N2O2/c1-2-24-19-8-4-3-7-18(19)21-20(23)17-11-9-16(10-12-17)15-22-13-5-6-14-22/h3-4,7-12H,2,5-6,13-15H2,1H3,(H,21,23). The van der Waals surface area contributed by atoms with Crippen LogP contribution in [0.5, 0.6) is 5.75 Å². The second-order valence-electron chi connectivity index (χ2n) is 6.06. The lowest BCUT2D eigenvalue weighted by Crippen LogP contribution is -2.18. The zero-order valence-electron chi connectivity index (χ0n) is 14.1. The third-order valence-corrected chi connectivity index (χ3v) is 4.26. The third kappa shape index (κ3) is 4.15. The Balaban J connectivity index is 1.64. The molecule has 4 heteroatoms. The highest BCUT2D eigenvalue weighted by molar-refractivity contribution is 6.05. The molecule has 2 aromatic rings. The molecule has 1 saturated heterocycles. The molecular weight excluding hydrogens is 300 g/mol. The lowest BCUT2D eigenvalue weighted by atomic mass is 10.1. The number of anilines is 1. The van der Waals surface area contributed by atoms with Crippen LogP contribution >= 0.6 is 0 Å². The van der Waals surface area contributed by atoms with Gasteiger partial charge in [-0.25, -0.2) is 0 Å². The van der Waals surface area contributed by atoms with Crippen molar-refractivity contribution in [2.24, 2.45) is 0 Å². The molecule has 0 aliphatic carbocycles. The first-order valence-electron chi connectivity index (χ1n) is 8.60. The zero-order valence-corrected chi connectivity index (χ0v) is 14.1. The largest absolute Gasteiger partial charge is 0.492 e. The fourth-order valence-electron chi connectivity index (χ4n) is 3.01. The summed E-state index contributed by atoms with van der Waals surface area (Å²) in [5.41, 5.74) is 2.61. The van der Waals surface area contributed by atoms with Crippen LogP contribution in [0, 0.1) is 0 Å². The number of ether oxygens (including phenoxy) is 1. The van der Waals surface area contributed by atoms with Crippen molar-refractivity contribution >= 4 is 11.6 Å². The maximum atomic E-state index is 12.4. The van der Waals surface area contributed by atoms with Crippen LogP contribution < -0.4 is 10.1 Å². The van der Waals surface area contributed by atoms with Gasteiger partial charge in [-0.1, -0.05) is 24.3 Å². The Morgan fingerprint density at radius 3 is 2.50 bits per heavy atom. The number of benzene rings is 2. The first-order chi connectivity index (χ1) is 11.8. The molecule has 2 aromatic carbocycles. The average molecular weight is 324 g/mol. The number of para-hydroxylation sites is 2. The summed E-state index contributed by atoms with van der Waals surface area (Å²) in [6, 6.07) is 15.4. The lowest BCUT2D eigenvalue weighted by Gasteiger charge is -2.15. The highest BCUT2D eigenvalue weighted by atomic mass is 16.5. The molecule has 0 saturated carbocycles. The SMILES string of the molecule is CCOc1ccccc1NC(=O)c1ccc(CN2CCCC2)cc1. The molecule has 0 spiro atoms. The summed E-state index contributed by atoms with van der Waals surface area (Å²) in [4.78, 5) is 14.9. The van der Waals surface area contributed by atoms with E-state index < -0.39 is 0 Å². The molecule has 0 atom stereocenters. The van der Waals surface area contributed by atoms with Crippen molar-refractivity contribution in [3.05, 3.63) is 59.7 Å². The highest BCUT2D eigenvalue weighted by Gasteiger charge is 2.13. The fourth-order valence-corrected chi connectivity index (χ4v) is 3.01. The van der Waals surface area contributed by atoms with Crippen molar-refractivity contribution in [1.29, 1.82) is 0 Å². The number of rotatable bonds is 6. The second-order valence-corrected chi connectivity index (χ2v) is 6.06. The second kappa shape index (κ2) is 7.97. The molecule has 0 radical (unpaired) electrons. The topological polar surface area (TPSA) is 41.6 Å². The molecule has 0 aromatic heterocycles. The van der Waals surface area contributed by atoms with Gasteiger partial charge in [-0.3, -0.25) is 9.69 Å². The van der Waals surface area contributed by atoms with Crippen molar-refractivity contribution in [2.75, 3.05) is 25.0 Å². The molecule has 4 nitrogen and oxygen atoms in total. The van der Waals surface area contributed by atoms with Crippen molar-refractivity contribution in [3.63, 3.8) is 0 Å². The van der Waals surface area contributed by atoms with Gasteiger partial charge in [0.25, 0.3) is 5.91 Å². The van der Waals surface area contributed by atoms with Crippen LogP contribution in [0.15, 0.2) is 48.5 Å². The predicted octanol–water partition coefficient (Wildman–Crippen LogP) is 3.93. The number of carbonyl (C=O) groups is 1. The Morgan fingerprint density at radius 2 is 1.79 bits per heavy atom. The van der Waals surface area contributed by atoms with E-state index in [9.17, 15) is 4.79 Å². The molecule has 0 bridgehead atoms. The quantitative estimate of drug-likeness (QED) is 0.875. The molecule has 3 rings (SSSR count). The smallest absolute Gasteiger partial charge is 0.255 e. The van der Waals surface area contributed by atoms with Gasteiger partial charge >= 0.3 is 0 Å². The van der Waals surface area contributed by atoms with Gasteiger partial charge in [0.15, 0.2) is 0 Å². The van der Waals surface area contributed by atoms with Crippen LogP contribution in [0.1, 0.15) is 35.7 Å². The van der Waals surface area contributed by atoms with E-state index in [1.165, 1.54) is 31.5 Å². The van der Waals surface area contributed by atoms with Crippen LogP contribution in [-0.4, -0.2) is 30.5 Å². The summed E-state index contributed by atoms with van der Waals surface area (Å²) in [5.74, 6) is 0.578. The minimum Gasteiger partial charge on any atom is -0.492 e. The predicted molar refractivity (Wildman–Crippen MR) is 96.5 cm³/mol. The van der Waals surface area contributed by atoms with E-state index in [1.807, 2.05) is 55.5 Å². The average Bonchev–Trinajstić information content (AvgIpc) is 3.10. The summed E-state index contributed by atoms with van der Waals surface area (Å²) in [6.07, 6.45) is 2.58.